The fourth-order valence-corrected chi connectivity index (χ4v) is 2.84. The lowest BCUT2D eigenvalue weighted by Crippen LogP contribution is -2.27. The van der Waals surface area contributed by atoms with Gasteiger partial charge in [-0.15, -0.1) is 0 Å². The molecule has 0 atom stereocenters. The molecule has 0 heterocycles. The summed E-state index contributed by atoms with van der Waals surface area (Å²) in [6.45, 7) is 1.35. The fourth-order valence-electron chi connectivity index (χ4n) is 1.49. The molecule has 0 aliphatic rings. The van der Waals surface area contributed by atoms with Gasteiger partial charge in [-0.3, -0.25) is 0 Å². The number of nitrogens with one attached hydrogen (secondary N) is 1. The number of aliphatic hydroxyl groups is 1. The number of hydrogen-bond acceptors (Lipinski definition) is 4. The number of carbonyl (C=O) groups is 1. The molecule has 0 bridgehead atoms. The molecule has 0 unspecified atom stereocenters. The fraction of sp³-hybridized carbons (Fsp3) is 0.364. The third-order valence-electron chi connectivity index (χ3n) is 2.39. The zero-order valence-corrected chi connectivity index (χ0v) is 10.7. The lowest BCUT2D eigenvalue weighted by molar-refractivity contribution is 0.0696. The van der Waals surface area contributed by atoms with E-state index in [1.807, 2.05) is 0 Å². The van der Waals surface area contributed by atoms with E-state index in [1.165, 1.54) is 12.1 Å². The molecule has 3 N–H and O–H groups in total. The molecule has 0 fully saturated rings. The smallest absolute Gasteiger partial charge is 0.335 e. The first kappa shape index (κ1) is 14.6. The molecule has 1 aromatic carbocycles. The van der Waals surface area contributed by atoms with Crippen molar-refractivity contribution in [1.82, 2.24) is 4.72 Å². The minimum absolute atomic E-state index is 0.0571. The number of aryl methyl sites for hydroxylation is 1. The van der Waals surface area contributed by atoms with E-state index in [-0.39, 0.29) is 23.6 Å². The van der Waals surface area contributed by atoms with Crippen LogP contribution in [0.15, 0.2) is 23.1 Å². The third kappa shape index (κ3) is 3.28. The number of carboxylic acids is 1. The van der Waals surface area contributed by atoms with Gasteiger partial charge in [0.1, 0.15) is 0 Å². The highest BCUT2D eigenvalue weighted by molar-refractivity contribution is 7.89. The van der Waals surface area contributed by atoms with Gasteiger partial charge in [-0.25, -0.2) is 17.9 Å². The van der Waals surface area contributed by atoms with Crippen LogP contribution in [0.2, 0.25) is 0 Å². The van der Waals surface area contributed by atoms with Crippen molar-refractivity contribution in [2.24, 2.45) is 0 Å². The van der Waals surface area contributed by atoms with Gasteiger partial charge in [-0.2, -0.15) is 0 Å². The molecule has 18 heavy (non-hydrogen) atoms. The lowest BCUT2D eigenvalue weighted by Gasteiger charge is -2.10. The largest absolute Gasteiger partial charge is 0.478 e. The van der Waals surface area contributed by atoms with E-state index in [1.54, 1.807) is 6.92 Å². The third-order valence-corrected chi connectivity index (χ3v) is 3.93. The zero-order valence-electron chi connectivity index (χ0n) is 9.88. The number of sulfonamides is 1. The van der Waals surface area contributed by atoms with Crippen molar-refractivity contribution >= 4 is 16.0 Å². The molecule has 1 rings (SSSR count). The molecular weight excluding hydrogens is 258 g/mol. The molecule has 0 saturated carbocycles. The van der Waals surface area contributed by atoms with Gasteiger partial charge in [0.25, 0.3) is 0 Å². The minimum atomic E-state index is -3.79. The van der Waals surface area contributed by atoms with Gasteiger partial charge in [0.15, 0.2) is 0 Å². The van der Waals surface area contributed by atoms with Gasteiger partial charge in [0.05, 0.1) is 17.1 Å². The van der Waals surface area contributed by atoms with Gasteiger partial charge in [-0.1, -0.05) is 13.0 Å². The van der Waals surface area contributed by atoms with E-state index < -0.39 is 16.0 Å². The second kappa shape index (κ2) is 5.94. The number of carboxylic acid groups (broad SMARTS) is 1. The molecule has 0 aliphatic heterocycles. The Bertz CT molecular complexity index is 538. The Morgan fingerprint density at radius 2 is 2.06 bits per heavy atom. The summed E-state index contributed by atoms with van der Waals surface area (Å²) in [6.07, 6.45) is 0.468. The van der Waals surface area contributed by atoms with E-state index in [9.17, 15) is 13.2 Å². The molecule has 0 radical (unpaired) electrons. The Balaban J connectivity index is 3.27. The average Bonchev–Trinajstić information content (AvgIpc) is 2.35. The van der Waals surface area contributed by atoms with Crippen LogP contribution in [0.25, 0.3) is 0 Å². The number of benzene rings is 1. The Kier molecular flexibility index (Phi) is 4.83. The highest BCUT2D eigenvalue weighted by Gasteiger charge is 2.19. The molecule has 100 valence electrons. The first-order valence-corrected chi connectivity index (χ1v) is 6.87. The molecule has 6 nitrogen and oxygen atoms in total. The van der Waals surface area contributed by atoms with Crippen LogP contribution < -0.4 is 4.72 Å². The molecule has 1 aromatic rings. The van der Waals surface area contributed by atoms with Crippen molar-refractivity contribution in [3.05, 3.63) is 29.3 Å². The predicted octanol–water partition coefficient (Wildman–Crippen LogP) is 0.218. The topological polar surface area (TPSA) is 104 Å². The van der Waals surface area contributed by atoms with E-state index in [0.717, 1.165) is 6.07 Å². The van der Waals surface area contributed by atoms with Gasteiger partial charge in [-0.05, 0) is 24.1 Å². The molecular formula is C11H15NO5S. The maximum atomic E-state index is 11.9. The minimum Gasteiger partial charge on any atom is -0.478 e. The number of aliphatic hydroxyl groups excluding tert-OH is 1. The van der Waals surface area contributed by atoms with Crippen LogP contribution in [0.1, 0.15) is 22.8 Å². The van der Waals surface area contributed by atoms with E-state index in [2.05, 4.69) is 4.72 Å². The number of hydrogen-bond donors (Lipinski definition) is 3. The highest BCUT2D eigenvalue weighted by Crippen LogP contribution is 2.18. The monoisotopic (exact) mass is 273 g/mol. The van der Waals surface area contributed by atoms with Crippen molar-refractivity contribution in [1.29, 1.82) is 0 Å². The van der Waals surface area contributed by atoms with Crippen molar-refractivity contribution in [3.63, 3.8) is 0 Å². The Morgan fingerprint density at radius 3 is 2.56 bits per heavy atom. The van der Waals surface area contributed by atoms with E-state index in [4.69, 9.17) is 10.2 Å². The van der Waals surface area contributed by atoms with Gasteiger partial charge in [0.2, 0.25) is 10.0 Å². The highest BCUT2D eigenvalue weighted by atomic mass is 32.2. The van der Waals surface area contributed by atoms with Crippen LogP contribution in [0.4, 0.5) is 0 Å². The number of rotatable bonds is 6. The Morgan fingerprint density at radius 1 is 1.39 bits per heavy atom. The van der Waals surface area contributed by atoms with Gasteiger partial charge >= 0.3 is 5.97 Å². The van der Waals surface area contributed by atoms with Crippen LogP contribution in [0.3, 0.4) is 0 Å². The first-order chi connectivity index (χ1) is 8.42. The standard InChI is InChI=1S/C11H15NO5S/c1-2-8-3-4-9(11(14)15)7-10(8)18(16,17)12-5-6-13/h3-4,7,12-13H,2,5-6H2,1H3,(H,14,15). The normalized spacial score (nSPS) is 11.4. The van der Waals surface area contributed by atoms with E-state index in [0.29, 0.717) is 12.0 Å². The average molecular weight is 273 g/mol. The second-order valence-corrected chi connectivity index (χ2v) is 5.34. The summed E-state index contributed by atoms with van der Waals surface area (Å²) in [4.78, 5) is 10.8. The molecule has 0 spiro atoms. The van der Waals surface area contributed by atoms with Crippen molar-refractivity contribution in [3.8, 4) is 0 Å². The summed E-state index contributed by atoms with van der Waals surface area (Å²) < 4.78 is 26.1. The van der Waals surface area contributed by atoms with Crippen molar-refractivity contribution < 1.29 is 23.4 Å². The van der Waals surface area contributed by atoms with Gasteiger partial charge < -0.3 is 10.2 Å². The quantitative estimate of drug-likeness (QED) is 0.687. The Hall–Kier alpha value is -1.44. The predicted molar refractivity (Wildman–Crippen MR) is 65.1 cm³/mol. The van der Waals surface area contributed by atoms with Crippen molar-refractivity contribution in [2.45, 2.75) is 18.2 Å². The van der Waals surface area contributed by atoms with Crippen LogP contribution >= 0.6 is 0 Å². The van der Waals surface area contributed by atoms with Gasteiger partial charge in [0, 0.05) is 6.54 Å². The summed E-state index contributed by atoms with van der Waals surface area (Å²) in [7, 11) is -3.79. The van der Waals surface area contributed by atoms with Crippen LogP contribution in [-0.4, -0.2) is 37.8 Å². The summed E-state index contributed by atoms with van der Waals surface area (Å²) in [6, 6.07) is 3.98. The molecule has 0 aromatic heterocycles. The lowest BCUT2D eigenvalue weighted by atomic mass is 10.1. The maximum absolute atomic E-state index is 11.9. The molecule has 0 aliphatic carbocycles. The van der Waals surface area contributed by atoms with E-state index >= 15 is 0 Å². The summed E-state index contributed by atoms with van der Waals surface area (Å²) in [5, 5.41) is 17.5. The maximum Gasteiger partial charge on any atom is 0.335 e. The Labute approximate surface area is 105 Å². The second-order valence-electron chi connectivity index (χ2n) is 3.60. The molecule has 0 amide bonds. The summed E-state index contributed by atoms with van der Waals surface area (Å²) in [5.74, 6) is -1.18. The zero-order chi connectivity index (χ0) is 13.8. The van der Waals surface area contributed by atoms with Crippen molar-refractivity contribution in [2.75, 3.05) is 13.2 Å². The SMILES string of the molecule is CCc1ccc(C(=O)O)cc1S(=O)(=O)NCCO. The first-order valence-electron chi connectivity index (χ1n) is 5.39. The van der Waals surface area contributed by atoms with Crippen LogP contribution in [0.5, 0.6) is 0 Å². The van der Waals surface area contributed by atoms with Crippen LogP contribution in [0, 0.1) is 0 Å². The summed E-state index contributed by atoms with van der Waals surface area (Å²) >= 11 is 0. The molecule has 0 saturated heterocycles. The summed E-state index contributed by atoms with van der Waals surface area (Å²) in [5.41, 5.74) is 0.446. The number of aromatic carboxylic acids is 1. The van der Waals surface area contributed by atoms with Crippen LogP contribution in [-0.2, 0) is 16.4 Å². The molecule has 7 heteroatoms.